The van der Waals surface area contributed by atoms with E-state index < -0.39 is 0 Å². The van der Waals surface area contributed by atoms with Crippen molar-refractivity contribution >= 4 is 22.6 Å². The topological polar surface area (TPSA) is 9.23 Å². The first kappa shape index (κ1) is 8.53. The molecule has 1 heterocycles. The fraction of sp³-hybridized carbons (Fsp3) is 0.750. The molecule has 0 spiro atoms. The Kier molecular flexibility index (Phi) is 3.17. The Bertz CT molecular complexity index is 133. The van der Waals surface area contributed by atoms with Crippen molar-refractivity contribution in [3.63, 3.8) is 0 Å². The largest absolute Gasteiger partial charge is 0.374 e. The molecule has 2 heteroatoms. The number of hydrogen-bond acceptors (Lipinski definition) is 1. The van der Waals surface area contributed by atoms with Crippen molar-refractivity contribution in [3.05, 3.63) is 12.2 Å². The maximum absolute atomic E-state index is 5.67. The summed E-state index contributed by atoms with van der Waals surface area (Å²) >= 11 is 2.38. The summed E-state index contributed by atoms with van der Waals surface area (Å²) in [5.74, 6) is 0. The van der Waals surface area contributed by atoms with Crippen LogP contribution in [0.15, 0.2) is 12.2 Å². The van der Waals surface area contributed by atoms with E-state index in [4.69, 9.17) is 4.74 Å². The first-order chi connectivity index (χ1) is 4.77. The van der Waals surface area contributed by atoms with E-state index in [1.54, 1.807) is 0 Å². The van der Waals surface area contributed by atoms with Crippen LogP contribution in [0.25, 0.3) is 0 Å². The van der Waals surface area contributed by atoms with Crippen LogP contribution in [0.1, 0.15) is 19.8 Å². The van der Waals surface area contributed by atoms with Gasteiger partial charge in [-0.3, -0.25) is 0 Å². The van der Waals surface area contributed by atoms with Gasteiger partial charge in [-0.2, -0.15) is 0 Å². The molecule has 0 aromatic carbocycles. The average Bonchev–Trinajstić information content (AvgIpc) is 2.15. The van der Waals surface area contributed by atoms with Crippen molar-refractivity contribution in [2.24, 2.45) is 0 Å². The summed E-state index contributed by atoms with van der Waals surface area (Å²) in [7, 11) is 0. The molecule has 0 aromatic rings. The highest BCUT2D eigenvalue weighted by atomic mass is 127. The summed E-state index contributed by atoms with van der Waals surface area (Å²) in [6, 6.07) is 0. The average molecular weight is 252 g/mol. The van der Waals surface area contributed by atoms with Crippen LogP contribution in [-0.4, -0.2) is 16.6 Å². The summed E-state index contributed by atoms with van der Waals surface area (Å²) in [6.45, 7) is 3.06. The second-order valence-electron chi connectivity index (χ2n) is 2.90. The van der Waals surface area contributed by atoms with Gasteiger partial charge in [0.25, 0.3) is 0 Å². The van der Waals surface area contributed by atoms with Gasteiger partial charge in [0.15, 0.2) is 0 Å². The van der Waals surface area contributed by atoms with Crippen molar-refractivity contribution < 1.29 is 4.74 Å². The monoisotopic (exact) mass is 252 g/mol. The third-order valence-electron chi connectivity index (χ3n) is 1.73. The van der Waals surface area contributed by atoms with Gasteiger partial charge in [0, 0.05) is 4.43 Å². The number of rotatable bonds is 1. The Morgan fingerprint density at radius 1 is 1.60 bits per heavy atom. The molecule has 0 radical (unpaired) electrons. The van der Waals surface area contributed by atoms with Crippen LogP contribution < -0.4 is 0 Å². The maximum atomic E-state index is 5.67. The van der Waals surface area contributed by atoms with Gasteiger partial charge in [-0.05, 0) is 19.8 Å². The molecule has 1 aliphatic heterocycles. The van der Waals surface area contributed by atoms with Gasteiger partial charge in [0.1, 0.15) is 0 Å². The minimum absolute atomic E-state index is 0.105. The lowest BCUT2D eigenvalue weighted by molar-refractivity contribution is -0.00273. The zero-order chi connectivity index (χ0) is 7.45. The molecule has 0 bridgehead atoms. The van der Waals surface area contributed by atoms with Crippen molar-refractivity contribution in [2.75, 3.05) is 11.0 Å². The van der Waals surface area contributed by atoms with E-state index in [0.29, 0.717) is 0 Å². The fourth-order valence-corrected chi connectivity index (χ4v) is 1.51. The number of ether oxygens (including phenoxy) is 1. The highest BCUT2D eigenvalue weighted by Crippen LogP contribution is 2.21. The maximum Gasteiger partial charge on any atom is 0.0777 e. The normalized spacial score (nSPS) is 33.8. The van der Waals surface area contributed by atoms with Crippen molar-refractivity contribution in [1.29, 1.82) is 0 Å². The molecule has 0 N–H and O–H groups in total. The van der Waals surface area contributed by atoms with Gasteiger partial charge in [-0.15, -0.1) is 0 Å². The molecule has 0 aromatic heterocycles. The van der Waals surface area contributed by atoms with Crippen LogP contribution in [0.5, 0.6) is 0 Å². The van der Waals surface area contributed by atoms with Crippen molar-refractivity contribution in [1.82, 2.24) is 0 Å². The minimum atomic E-state index is 0.105. The number of hydrogen-bond donors (Lipinski definition) is 0. The van der Waals surface area contributed by atoms with Crippen LogP contribution in [-0.2, 0) is 4.74 Å². The molecule has 1 nitrogen and oxygen atoms in total. The molecule has 58 valence electrons. The molecule has 1 atom stereocenters. The first-order valence-corrected chi connectivity index (χ1v) is 5.14. The molecule has 0 fully saturated rings. The quantitative estimate of drug-likeness (QED) is 0.396. The SMILES string of the molecule is CC1(CI)CC=CCCO1. The number of halogens is 1. The van der Waals surface area contributed by atoms with E-state index >= 15 is 0 Å². The van der Waals surface area contributed by atoms with Gasteiger partial charge in [-0.1, -0.05) is 34.7 Å². The third kappa shape index (κ3) is 2.23. The van der Waals surface area contributed by atoms with Crippen molar-refractivity contribution in [3.8, 4) is 0 Å². The summed E-state index contributed by atoms with van der Waals surface area (Å²) in [4.78, 5) is 0. The lowest BCUT2D eigenvalue weighted by Gasteiger charge is -2.24. The Labute approximate surface area is 76.0 Å². The minimum Gasteiger partial charge on any atom is -0.374 e. The predicted octanol–water partition coefficient (Wildman–Crippen LogP) is 2.55. The molecule has 1 aliphatic rings. The van der Waals surface area contributed by atoms with Crippen LogP contribution in [0.4, 0.5) is 0 Å². The van der Waals surface area contributed by atoms with Gasteiger partial charge in [-0.25, -0.2) is 0 Å². The molecule has 0 saturated carbocycles. The summed E-state index contributed by atoms with van der Waals surface area (Å²) in [6.07, 6.45) is 6.57. The predicted molar refractivity (Wildman–Crippen MR) is 51.6 cm³/mol. The van der Waals surface area contributed by atoms with Crippen LogP contribution in [0.2, 0.25) is 0 Å². The molecule has 1 rings (SSSR count). The molecular formula is C8H13IO. The van der Waals surface area contributed by atoms with E-state index in [1.165, 1.54) is 0 Å². The Balaban J connectivity index is 2.51. The second-order valence-corrected chi connectivity index (χ2v) is 3.66. The Morgan fingerprint density at radius 3 is 3.10 bits per heavy atom. The highest BCUT2D eigenvalue weighted by Gasteiger charge is 2.22. The van der Waals surface area contributed by atoms with Gasteiger partial charge in [0.05, 0.1) is 12.2 Å². The van der Waals surface area contributed by atoms with E-state index in [2.05, 4.69) is 41.7 Å². The van der Waals surface area contributed by atoms with E-state index in [0.717, 1.165) is 23.9 Å². The second kappa shape index (κ2) is 3.72. The van der Waals surface area contributed by atoms with Gasteiger partial charge >= 0.3 is 0 Å². The van der Waals surface area contributed by atoms with E-state index in [9.17, 15) is 0 Å². The van der Waals surface area contributed by atoms with E-state index in [-0.39, 0.29) is 5.60 Å². The van der Waals surface area contributed by atoms with Crippen LogP contribution in [0.3, 0.4) is 0 Å². The summed E-state index contributed by atoms with van der Waals surface area (Å²) < 4.78 is 6.75. The third-order valence-corrected chi connectivity index (χ3v) is 3.35. The summed E-state index contributed by atoms with van der Waals surface area (Å²) in [5, 5.41) is 0. The molecule has 0 amide bonds. The number of alkyl halides is 1. The molecule has 0 saturated heterocycles. The molecule has 10 heavy (non-hydrogen) atoms. The lowest BCUT2D eigenvalue weighted by atomic mass is 10.1. The molecule has 0 aliphatic carbocycles. The van der Waals surface area contributed by atoms with Gasteiger partial charge in [0.2, 0.25) is 0 Å². The zero-order valence-electron chi connectivity index (χ0n) is 6.27. The standard InChI is InChI=1S/C8H13IO/c1-8(7-9)5-3-2-4-6-10-8/h2-3H,4-7H2,1H3. The Morgan fingerprint density at radius 2 is 2.40 bits per heavy atom. The molecule has 1 unspecified atom stereocenters. The van der Waals surface area contributed by atoms with Crippen LogP contribution >= 0.6 is 22.6 Å². The highest BCUT2D eigenvalue weighted by molar-refractivity contribution is 14.1. The van der Waals surface area contributed by atoms with Gasteiger partial charge < -0.3 is 4.74 Å². The smallest absolute Gasteiger partial charge is 0.0777 e. The molecular weight excluding hydrogens is 239 g/mol. The summed E-state index contributed by atoms with van der Waals surface area (Å²) in [5.41, 5.74) is 0.105. The van der Waals surface area contributed by atoms with Crippen LogP contribution in [0, 0.1) is 0 Å². The zero-order valence-corrected chi connectivity index (χ0v) is 8.43. The van der Waals surface area contributed by atoms with Crippen molar-refractivity contribution in [2.45, 2.75) is 25.4 Å². The van der Waals surface area contributed by atoms with E-state index in [1.807, 2.05) is 0 Å². The fourth-order valence-electron chi connectivity index (χ4n) is 0.976. The lowest BCUT2D eigenvalue weighted by Crippen LogP contribution is -2.29. The first-order valence-electron chi connectivity index (χ1n) is 3.62. The Hall–Kier alpha value is 0.430.